The van der Waals surface area contributed by atoms with Crippen LogP contribution < -0.4 is 0 Å². The maximum absolute atomic E-state index is 12.9. The second kappa shape index (κ2) is 7.77. The molecule has 0 bridgehead atoms. The summed E-state index contributed by atoms with van der Waals surface area (Å²) in [5.41, 5.74) is 3.30. The molecule has 0 aliphatic carbocycles. The Morgan fingerprint density at radius 1 is 1.10 bits per heavy atom. The summed E-state index contributed by atoms with van der Waals surface area (Å²) < 4.78 is 53.3. The molecule has 31 heavy (non-hydrogen) atoms. The van der Waals surface area contributed by atoms with E-state index in [0.29, 0.717) is 18.5 Å². The molecule has 162 valence electrons. The fraction of sp³-hybridized carbons (Fsp3) is 0.238. The van der Waals surface area contributed by atoms with E-state index in [1.165, 1.54) is 19.2 Å². The number of hydrogen-bond donors (Lipinski definition) is 1. The molecule has 10 heteroatoms. The van der Waals surface area contributed by atoms with Crippen LogP contribution in [0.25, 0.3) is 10.9 Å². The maximum Gasteiger partial charge on any atom is 0.341 e. The number of amides is 1. The minimum Gasteiger partial charge on any atom is -0.465 e. The number of aromatic nitrogens is 1. The number of H-pyrrole nitrogens is 1. The van der Waals surface area contributed by atoms with Gasteiger partial charge in [0.2, 0.25) is 9.84 Å². The van der Waals surface area contributed by atoms with Crippen LogP contribution in [0.1, 0.15) is 32.0 Å². The van der Waals surface area contributed by atoms with Crippen molar-refractivity contribution in [2.24, 2.45) is 0 Å². The Labute approximate surface area is 176 Å². The molecular weight excluding hydrogens is 430 g/mol. The lowest BCUT2D eigenvalue weighted by atomic mass is 10.0. The summed E-state index contributed by atoms with van der Waals surface area (Å²) in [6.45, 7) is 0.718. The SMILES string of the molecule is COC(=O)c1ccc2[nH]c3c(c2c1)CN(C(=O)c1ccc(S(=O)(=O)C(F)F)cc1)CC3. The summed E-state index contributed by atoms with van der Waals surface area (Å²) in [5, 5.41) is 0.814. The molecule has 1 aromatic heterocycles. The first-order valence-corrected chi connectivity index (χ1v) is 10.9. The maximum atomic E-state index is 12.9. The highest BCUT2D eigenvalue weighted by Gasteiger charge is 2.28. The molecule has 0 saturated heterocycles. The Hall–Kier alpha value is -3.27. The van der Waals surface area contributed by atoms with E-state index in [0.717, 1.165) is 34.3 Å². The zero-order valence-corrected chi connectivity index (χ0v) is 17.2. The fourth-order valence-corrected chi connectivity index (χ4v) is 4.43. The number of alkyl halides is 2. The van der Waals surface area contributed by atoms with Crippen LogP contribution in [0.15, 0.2) is 47.4 Å². The smallest absolute Gasteiger partial charge is 0.341 e. The molecule has 2 aromatic carbocycles. The zero-order valence-electron chi connectivity index (χ0n) is 16.4. The quantitative estimate of drug-likeness (QED) is 0.619. The molecule has 3 aromatic rings. The second-order valence-electron chi connectivity index (χ2n) is 7.14. The molecule has 1 aliphatic rings. The number of nitrogens with zero attached hydrogens (tertiary/aromatic N) is 1. The van der Waals surface area contributed by atoms with Crippen molar-refractivity contribution < 1.29 is 31.5 Å². The van der Waals surface area contributed by atoms with Crippen molar-refractivity contribution in [1.82, 2.24) is 9.88 Å². The monoisotopic (exact) mass is 448 g/mol. The van der Waals surface area contributed by atoms with Gasteiger partial charge in [-0.2, -0.15) is 8.78 Å². The predicted octanol–water partition coefficient (Wildman–Crippen LogP) is 3.15. The van der Waals surface area contributed by atoms with Gasteiger partial charge in [-0.25, -0.2) is 13.2 Å². The number of carbonyl (C=O) groups is 2. The number of carbonyl (C=O) groups excluding carboxylic acids is 2. The van der Waals surface area contributed by atoms with Crippen LogP contribution in [0.2, 0.25) is 0 Å². The van der Waals surface area contributed by atoms with Gasteiger partial charge < -0.3 is 14.6 Å². The minimum absolute atomic E-state index is 0.201. The highest BCUT2D eigenvalue weighted by Crippen LogP contribution is 2.29. The summed E-state index contributed by atoms with van der Waals surface area (Å²) in [5.74, 6) is -4.32. The summed E-state index contributed by atoms with van der Waals surface area (Å²) in [7, 11) is -3.41. The lowest BCUT2D eigenvalue weighted by Gasteiger charge is -2.27. The molecule has 0 fully saturated rings. The third kappa shape index (κ3) is 3.67. The Kier molecular flexibility index (Phi) is 5.26. The summed E-state index contributed by atoms with van der Waals surface area (Å²) in [4.78, 5) is 29.2. The summed E-state index contributed by atoms with van der Waals surface area (Å²) in [6, 6.07) is 9.66. The van der Waals surface area contributed by atoms with Gasteiger partial charge in [-0.05, 0) is 42.5 Å². The number of aromatic amines is 1. The Balaban J connectivity index is 1.61. The molecule has 1 amide bonds. The lowest BCUT2D eigenvalue weighted by Crippen LogP contribution is -2.35. The topological polar surface area (TPSA) is 96.5 Å². The minimum atomic E-state index is -4.71. The van der Waals surface area contributed by atoms with Crippen molar-refractivity contribution in [3.8, 4) is 0 Å². The highest BCUT2D eigenvalue weighted by atomic mass is 32.2. The molecule has 0 unspecified atom stereocenters. The number of benzene rings is 2. The Morgan fingerprint density at radius 3 is 2.42 bits per heavy atom. The molecule has 0 radical (unpaired) electrons. The first-order chi connectivity index (χ1) is 14.7. The van der Waals surface area contributed by atoms with Gasteiger partial charge in [-0.1, -0.05) is 0 Å². The number of hydrogen-bond acceptors (Lipinski definition) is 5. The lowest BCUT2D eigenvalue weighted by molar-refractivity contribution is 0.0600. The van der Waals surface area contributed by atoms with Gasteiger partial charge in [0.25, 0.3) is 5.91 Å². The van der Waals surface area contributed by atoms with Crippen molar-refractivity contribution in [2.75, 3.05) is 13.7 Å². The molecule has 0 saturated carbocycles. The number of ether oxygens (including phenoxy) is 1. The van der Waals surface area contributed by atoms with E-state index < -0.39 is 26.5 Å². The Bertz CT molecular complexity index is 1280. The second-order valence-corrected chi connectivity index (χ2v) is 9.06. The molecule has 2 heterocycles. The van der Waals surface area contributed by atoms with Gasteiger partial charge in [-0.15, -0.1) is 0 Å². The number of nitrogens with one attached hydrogen (secondary N) is 1. The predicted molar refractivity (Wildman–Crippen MR) is 108 cm³/mol. The van der Waals surface area contributed by atoms with E-state index in [-0.39, 0.29) is 18.0 Å². The van der Waals surface area contributed by atoms with Crippen LogP contribution >= 0.6 is 0 Å². The molecule has 4 rings (SSSR count). The average molecular weight is 448 g/mol. The van der Waals surface area contributed by atoms with Crippen molar-refractivity contribution in [3.63, 3.8) is 0 Å². The fourth-order valence-electron chi connectivity index (χ4n) is 3.70. The first kappa shape index (κ1) is 21.0. The third-order valence-corrected chi connectivity index (χ3v) is 6.75. The molecule has 0 atom stereocenters. The van der Waals surface area contributed by atoms with Gasteiger partial charge >= 0.3 is 11.7 Å². The van der Waals surface area contributed by atoms with Crippen molar-refractivity contribution in [1.29, 1.82) is 0 Å². The van der Waals surface area contributed by atoms with Gasteiger partial charge in [0.05, 0.1) is 17.6 Å². The van der Waals surface area contributed by atoms with Crippen LogP contribution in [0.4, 0.5) is 8.78 Å². The molecule has 0 spiro atoms. The molecular formula is C21H18F2N2O5S. The van der Waals surface area contributed by atoms with Gasteiger partial charge in [-0.3, -0.25) is 4.79 Å². The number of rotatable bonds is 4. The van der Waals surface area contributed by atoms with E-state index in [1.54, 1.807) is 23.1 Å². The van der Waals surface area contributed by atoms with Crippen molar-refractivity contribution in [3.05, 3.63) is 64.8 Å². The molecule has 1 N–H and O–H groups in total. The number of methoxy groups -OCH3 is 1. The van der Waals surface area contributed by atoms with Crippen LogP contribution in [0.5, 0.6) is 0 Å². The van der Waals surface area contributed by atoms with E-state index in [9.17, 15) is 26.8 Å². The Morgan fingerprint density at radius 2 is 1.77 bits per heavy atom. The number of esters is 1. The first-order valence-electron chi connectivity index (χ1n) is 9.35. The van der Waals surface area contributed by atoms with E-state index in [2.05, 4.69) is 4.98 Å². The number of halogens is 2. The third-order valence-electron chi connectivity index (χ3n) is 5.35. The van der Waals surface area contributed by atoms with Crippen molar-refractivity contribution in [2.45, 2.75) is 23.6 Å². The zero-order chi connectivity index (χ0) is 22.3. The van der Waals surface area contributed by atoms with Crippen molar-refractivity contribution >= 4 is 32.6 Å². The van der Waals surface area contributed by atoms with Gasteiger partial charge in [0.1, 0.15) is 0 Å². The highest BCUT2D eigenvalue weighted by molar-refractivity contribution is 7.91. The number of sulfone groups is 1. The van der Waals surface area contributed by atoms with E-state index >= 15 is 0 Å². The van der Waals surface area contributed by atoms with Crippen LogP contribution in [0.3, 0.4) is 0 Å². The summed E-state index contributed by atoms with van der Waals surface area (Å²) in [6.07, 6.45) is 0.571. The average Bonchev–Trinajstić information content (AvgIpc) is 3.15. The van der Waals surface area contributed by atoms with Crippen LogP contribution in [-0.4, -0.2) is 49.6 Å². The largest absolute Gasteiger partial charge is 0.465 e. The number of fused-ring (bicyclic) bond motifs is 3. The van der Waals surface area contributed by atoms with Crippen LogP contribution in [0, 0.1) is 0 Å². The summed E-state index contributed by atoms with van der Waals surface area (Å²) >= 11 is 0. The molecule has 1 aliphatic heterocycles. The van der Waals surface area contributed by atoms with E-state index in [1.807, 2.05) is 0 Å². The molecule has 7 nitrogen and oxygen atoms in total. The van der Waals surface area contributed by atoms with Crippen LogP contribution in [-0.2, 0) is 27.5 Å². The standard InChI is InChI=1S/C21H18F2N2O5S/c1-30-20(27)13-4-7-17-15(10-13)16-11-25(9-8-18(16)24-17)19(26)12-2-5-14(6-3-12)31(28,29)21(22)23/h2-7,10,21,24H,8-9,11H2,1H3. The van der Waals surface area contributed by atoms with Gasteiger partial charge in [0, 0.05) is 47.2 Å². The van der Waals surface area contributed by atoms with E-state index in [4.69, 9.17) is 4.74 Å². The van der Waals surface area contributed by atoms with Gasteiger partial charge in [0.15, 0.2) is 0 Å². The normalized spacial score (nSPS) is 14.0.